The monoisotopic (exact) mass is 554 g/mol. The number of hydrogen-bond donors (Lipinski definition) is 1. The molecule has 1 N–H and O–H groups in total. The first-order valence-corrected chi connectivity index (χ1v) is 13.8. The Balaban J connectivity index is 1.27. The summed E-state index contributed by atoms with van der Waals surface area (Å²) in [6, 6.07) is 11.8. The van der Waals surface area contributed by atoms with Gasteiger partial charge in [-0.2, -0.15) is 0 Å². The molecular formula is C28H34N4O6S. The number of aromatic nitrogens is 1. The molecule has 3 heterocycles. The zero-order valence-corrected chi connectivity index (χ0v) is 23.1. The van der Waals surface area contributed by atoms with Crippen LogP contribution in [0.5, 0.6) is 23.0 Å². The van der Waals surface area contributed by atoms with Gasteiger partial charge in [0.15, 0.2) is 11.5 Å². The zero-order valence-electron chi connectivity index (χ0n) is 22.3. The van der Waals surface area contributed by atoms with Gasteiger partial charge in [0.2, 0.25) is 6.79 Å². The second-order valence-electron chi connectivity index (χ2n) is 9.35. The summed E-state index contributed by atoms with van der Waals surface area (Å²) in [5, 5.41) is 5.69. The molecule has 2 aromatic carbocycles. The molecule has 11 heteroatoms. The molecule has 0 unspecified atom stereocenters. The number of amides is 1. The third-order valence-corrected chi connectivity index (χ3v) is 7.53. The molecule has 0 aliphatic carbocycles. The second-order valence-corrected chi connectivity index (χ2v) is 10.3. The number of hydrogen-bond acceptors (Lipinski definition) is 10. The molecule has 0 atom stereocenters. The predicted octanol–water partition coefficient (Wildman–Crippen LogP) is 3.15. The maximum absolute atomic E-state index is 12.7. The van der Waals surface area contributed by atoms with Crippen molar-refractivity contribution in [1.82, 2.24) is 20.1 Å². The van der Waals surface area contributed by atoms with Crippen LogP contribution in [0.1, 0.15) is 26.6 Å². The van der Waals surface area contributed by atoms with E-state index in [1.165, 1.54) is 11.3 Å². The van der Waals surface area contributed by atoms with Crippen molar-refractivity contribution in [3.63, 3.8) is 0 Å². The molecule has 0 saturated carbocycles. The fourth-order valence-corrected chi connectivity index (χ4v) is 5.43. The number of carbonyl (C=O) groups is 1. The molecule has 0 radical (unpaired) electrons. The molecular weight excluding hydrogens is 520 g/mol. The first-order valence-electron chi connectivity index (χ1n) is 13.0. The van der Waals surface area contributed by atoms with Crippen molar-refractivity contribution in [1.29, 1.82) is 0 Å². The van der Waals surface area contributed by atoms with Gasteiger partial charge >= 0.3 is 0 Å². The Bertz CT molecular complexity index is 1260. The van der Waals surface area contributed by atoms with Crippen molar-refractivity contribution in [2.75, 3.05) is 60.4 Å². The first-order chi connectivity index (χ1) is 19.1. The molecule has 1 amide bonds. The van der Waals surface area contributed by atoms with E-state index in [4.69, 9.17) is 23.7 Å². The summed E-state index contributed by atoms with van der Waals surface area (Å²) in [5.41, 5.74) is 2.56. The lowest BCUT2D eigenvalue weighted by Gasteiger charge is -2.26. The number of nitrogens with one attached hydrogen (secondary N) is 1. The number of carbonyl (C=O) groups excluding carboxylic acids is 1. The molecule has 2 aliphatic rings. The number of benzene rings is 2. The average molecular weight is 555 g/mol. The minimum atomic E-state index is -0.148. The van der Waals surface area contributed by atoms with E-state index in [9.17, 15) is 4.79 Å². The number of ether oxygens (including phenoxy) is 5. The van der Waals surface area contributed by atoms with Crippen molar-refractivity contribution in [2.45, 2.75) is 19.6 Å². The topological polar surface area (TPSA) is 94.6 Å². The molecule has 10 nitrogen and oxygen atoms in total. The van der Waals surface area contributed by atoms with Gasteiger partial charge in [0.1, 0.15) is 22.2 Å². The molecule has 39 heavy (non-hydrogen) atoms. The lowest BCUT2D eigenvalue weighted by atomic mass is 10.1. The SMILES string of the molecule is COc1ccc(CN(Cc2ccc3c(c2)OCO3)Cc2nc(C(=O)NCCN3CCOCC3)cs2)c(OC)c1. The van der Waals surface area contributed by atoms with Crippen LogP contribution in [0.3, 0.4) is 0 Å². The maximum atomic E-state index is 12.7. The molecule has 1 saturated heterocycles. The Kier molecular flexibility index (Phi) is 9.15. The van der Waals surface area contributed by atoms with E-state index in [-0.39, 0.29) is 12.7 Å². The Hall–Kier alpha value is -3.38. The Morgan fingerprint density at radius 3 is 2.72 bits per heavy atom. The number of rotatable bonds is 12. The van der Waals surface area contributed by atoms with Crippen molar-refractivity contribution in [2.24, 2.45) is 0 Å². The van der Waals surface area contributed by atoms with Gasteiger partial charge in [-0.15, -0.1) is 11.3 Å². The van der Waals surface area contributed by atoms with Crippen molar-refractivity contribution >= 4 is 17.2 Å². The third-order valence-electron chi connectivity index (χ3n) is 6.69. The third kappa shape index (κ3) is 7.18. The maximum Gasteiger partial charge on any atom is 0.270 e. The van der Waals surface area contributed by atoms with Crippen molar-refractivity contribution in [3.8, 4) is 23.0 Å². The van der Waals surface area contributed by atoms with Crippen LogP contribution >= 0.6 is 11.3 Å². The smallest absolute Gasteiger partial charge is 0.270 e. The summed E-state index contributed by atoms with van der Waals surface area (Å²) in [6.45, 7) is 6.73. The number of morpholine rings is 1. The molecule has 1 aromatic heterocycles. The van der Waals surface area contributed by atoms with Gasteiger partial charge in [0.25, 0.3) is 5.91 Å². The van der Waals surface area contributed by atoms with Crippen LogP contribution in [0.4, 0.5) is 0 Å². The largest absolute Gasteiger partial charge is 0.497 e. The van der Waals surface area contributed by atoms with Crippen LogP contribution in [0.2, 0.25) is 0 Å². The summed E-state index contributed by atoms with van der Waals surface area (Å²) < 4.78 is 27.4. The highest BCUT2D eigenvalue weighted by Gasteiger charge is 2.19. The van der Waals surface area contributed by atoms with E-state index in [2.05, 4.69) is 20.1 Å². The summed E-state index contributed by atoms with van der Waals surface area (Å²) in [5.74, 6) is 2.85. The molecule has 0 bridgehead atoms. The summed E-state index contributed by atoms with van der Waals surface area (Å²) >= 11 is 1.49. The van der Waals surface area contributed by atoms with E-state index >= 15 is 0 Å². The quantitative estimate of drug-likeness (QED) is 0.362. The minimum absolute atomic E-state index is 0.148. The van der Waals surface area contributed by atoms with Crippen LogP contribution in [-0.4, -0.2) is 81.1 Å². The average Bonchev–Trinajstić information content (AvgIpc) is 3.63. The number of fused-ring (bicyclic) bond motifs is 1. The van der Waals surface area contributed by atoms with Crippen LogP contribution in [0.15, 0.2) is 41.8 Å². The Labute approximate surface area is 232 Å². The van der Waals surface area contributed by atoms with E-state index in [0.29, 0.717) is 31.9 Å². The lowest BCUT2D eigenvalue weighted by Crippen LogP contribution is -2.41. The summed E-state index contributed by atoms with van der Waals surface area (Å²) in [7, 11) is 3.30. The van der Waals surface area contributed by atoms with E-state index in [1.54, 1.807) is 14.2 Å². The van der Waals surface area contributed by atoms with Crippen LogP contribution in [0, 0.1) is 0 Å². The molecule has 0 spiro atoms. The van der Waals surface area contributed by atoms with Crippen molar-refractivity contribution in [3.05, 3.63) is 63.6 Å². The Morgan fingerprint density at radius 1 is 1.05 bits per heavy atom. The Morgan fingerprint density at radius 2 is 1.90 bits per heavy atom. The minimum Gasteiger partial charge on any atom is -0.497 e. The standard InChI is InChI=1S/C28H34N4O6S/c1-34-22-5-4-21(25(14-22)35-2)16-32(15-20-3-6-24-26(13-20)38-19-37-24)17-27-30-23(18-39-27)28(33)29-7-8-31-9-11-36-12-10-31/h3-6,13-14,18H,7-12,15-17,19H2,1-2H3,(H,29,33). The number of methoxy groups -OCH3 is 2. The highest BCUT2D eigenvalue weighted by Crippen LogP contribution is 2.33. The molecule has 208 valence electrons. The highest BCUT2D eigenvalue weighted by molar-refractivity contribution is 7.09. The van der Waals surface area contributed by atoms with Gasteiger partial charge in [0, 0.05) is 56.3 Å². The van der Waals surface area contributed by atoms with Crippen molar-refractivity contribution < 1.29 is 28.5 Å². The molecule has 3 aromatic rings. The zero-order chi connectivity index (χ0) is 27.0. The highest BCUT2D eigenvalue weighted by atomic mass is 32.1. The van der Waals surface area contributed by atoms with Gasteiger partial charge in [-0.05, 0) is 23.8 Å². The first kappa shape index (κ1) is 27.2. The number of thiazole rings is 1. The molecule has 2 aliphatic heterocycles. The second kappa shape index (κ2) is 13.1. The molecule has 1 fully saturated rings. The van der Waals surface area contributed by atoms with Gasteiger partial charge in [-0.3, -0.25) is 14.6 Å². The van der Waals surface area contributed by atoms with E-state index in [0.717, 1.165) is 72.0 Å². The fraction of sp³-hybridized carbons (Fsp3) is 0.429. The van der Waals surface area contributed by atoms with E-state index in [1.807, 2.05) is 41.8 Å². The lowest BCUT2D eigenvalue weighted by molar-refractivity contribution is 0.0383. The normalized spacial score (nSPS) is 14.9. The van der Waals surface area contributed by atoms with Crippen LogP contribution in [-0.2, 0) is 24.4 Å². The van der Waals surface area contributed by atoms with Crippen LogP contribution in [0.25, 0.3) is 0 Å². The van der Waals surface area contributed by atoms with Gasteiger partial charge in [0.05, 0.1) is 34.0 Å². The van der Waals surface area contributed by atoms with Gasteiger partial charge in [-0.25, -0.2) is 4.98 Å². The van der Waals surface area contributed by atoms with Gasteiger partial charge < -0.3 is 29.0 Å². The summed E-state index contributed by atoms with van der Waals surface area (Å²) in [4.78, 5) is 22.0. The van der Waals surface area contributed by atoms with Gasteiger partial charge in [-0.1, -0.05) is 12.1 Å². The predicted molar refractivity (Wildman–Crippen MR) is 147 cm³/mol. The fourth-order valence-electron chi connectivity index (χ4n) is 4.61. The van der Waals surface area contributed by atoms with E-state index < -0.39 is 0 Å². The summed E-state index contributed by atoms with van der Waals surface area (Å²) in [6.07, 6.45) is 0. The number of nitrogens with zero attached hydrogens (tertiary/aromatic N) is 3. The molecule has 5 rings (SSSR count). The van der Waals surface area contributed by atoms with Crippen LogP contribution < -0.4 is 24.3 Å².